The SMILES string of the molecule is COc1ccc(CC2(C(C)C)CCC(=O)N2)cc1F. The van der Waals surface area contributed by atoms with Crippen molar-refractivity contribution in [2.45, 2.75) is 38.6 Å². The number of carbonyl (C=O) groups excluding carboxylic acids is 1. The van der Waals surface area contributed by atoms with E-state index in [-0.39, 0.29) is 23.0 Å². The van der Waals surface area contributed by atoms with Crippen LogP contribution in [-0.4, -0.2) is 18.6 Å². The lowest BCUT2D eigenvalue weighted by atomic mass is 9.80. The highest BCUT2D eigenvalue weighted by Gasteiger charge is 2.40. The van der Waals surface area contributed by atoms with Crippen LogP contribution in [0.5, 0.6) is 5.75 Å². The molecular formula is C15H20FNO2. The van der Waals surface area contributed by atoms with Gasteiger partial charge in [0, 0.05) is 12.0 Å². The largest absolute Gasteiger partial charge is 0.494 e. The Balaban J connectivity index is 2.23. The zero-order valence-corrected chi connectivity index (χ0v) is 11.6. The summed E-state index contributed by atoms with van der Waals surface area (Å²) in [5.74, 6) is 0.285. The van der Waals surface area contributed by atoms with E-state index >= 15 is 0 Å². The van der Waals surface area contributed by atoms with Crippen LogP contribution in [0.1, 0.15) is 32.3 Å². The van der Waals surface area contributed by atoms with Crippen LogP contribution in [0.15, 0.2) is 18.2 Å². The van der Waals surface area contributed by atoms with Crippen molar-refractivity contribution in [3.05, 3.63) is 29.6 Å². The van der Waals surface area contributed by atoms with E-state index in [0.717, 1.165) is 12.0 Å². The number of benzene rings is 1. The van der Waals surface area contributed by atoms with Gasteiger partial charge < -0.3 is 10.1 Å². The molecule has 0 bridgehead atoms. The summed E-state index contributed by atoms with van der Waals surface area (Å²) in [5.41, 5.74) is 0.632. The Morgan fingerprint density at radius 2 is 2.21 bits per heavy atom. The van der Waals surface area contributed by atoms with Gasteiger partial charge in [-0.2, -0.15) is 0 Å². The van der Waals surface area contributed by atoms with Gasteiger partial charge in [-0.25, -0.2) is 4.39 Å². The zero-order chi connectivity index (χ0) is 14.0. The molecule has 0 radical (unpaired) electrons. The van der Waals surface area contributed by atoms with Gasteiger partial charge in [0.05, 0.1) is 7.11 Å². The fourth-order valence-electron chi connectivity index (χ4n) is 2.69. The van der Waals surface area contributed by atoms with Crippen molar-refractivity contribution >= 4 is 5.91 Å². The first-order valence-corrected chi connectivity index (χ1v) is 6.60. The van der Waals surface area contributed by atoms with Crippen molar-refractivity contribution in [3.8, 4) is 5.75 Å². The number of amides is 1. The topological polar surface area (TPSA) is 38.3 Å². The predicted molar refractivity (Wildman–Crippen MR) is 71.6 cm³/mol. The normalized spacial score (nSPS) is 22.7. The summed E-state index contributed by atoms with van der Waals surface area (Å²) in [4.78, 5) is 11.5. The van der Waals surface area contributed by atoms with Crippen LogP contribution in [0.25, 0.3) is 0 Å². The average Bonchev–Trinajstić information content (AvgIpc) is 2.72. The van der Waals surface area contributed by atoms with Gasteiger partial charge in [-0.15, -0.1) is 0 Å². The standard InChI is InChI=1S/C15H20FNO2/c1-10(2)15(7-6-14(18)17-15)9-11-4-5-13(19-3)12(16)8-11/h4-5,8,10H,6-7,9H2,1-3H3,(H,17,18). The lowest BCUT2D eigenvalue weighted by molar-refractivity contribution is -0.120. The van der Waals surface area contributed by atoms with Gasteiger partial charge in [-0.05, 0) is 36.5 Å². The minimum absolute atomic E-state index is 0.0858. The van der Waals surface area contributed by atoms with Crippen molar-refractivity contribution in [3.63, 3.8) is 0 Å². The van der Waals surface area contributed by atoms with E-state index in [0.29, 0.717) is 18.8 Å². The van der Waals surface area contributed by atoms with Gasteiger partial charge >= 0.3 is 0 Å². The van der Waals surface area contributed by atoms with Crippen LogP contribution in [-0.2, 0) is 11.2 Å². The second kappa shape index (κ2) is 5.19. The molecule has 1 aliphatic rings. The maximum atomic E-state index is 13.7. The molecule has 0 aliphatic carbocycles. The molecule has 1 amide bonds. The highest BCUT2D eigenvalue weighted by atomic mass is 19.1. The molecule has 1 N–H and O–H groups in total. The number of ether oxygens (including phenoxy) is 1. The number of methoxy groups -OCH3 is 1. The molecule has 0 aromatic heterocycles. The Kier molecular flexibility index (Phi) is 3.78. The Hall–Kier alpha value is -1.58. The minimum atomic E-state index is -0.358. The van der Waals surface area contributed by atoms with E-state index < -0.39 is 0 Å². The van der Waals surface area contributed by atoms with Crippen LogP contribution < -0.4 is 10.1 Å². The van der Waals surface area contributed by atoms with E-state index in [1.807, 2.05) is 6.07 Å². The molecule has 1 atom stereocenters. The zero-order valence-electron chi connectivity index (χ0n) is 11.6. The molecule has 3 nitrogen and oxygen atoms in total. The number of hydrogen-bond acceptors (Lipinski definition) is 2. The molecular weight excluding hydrogens is 245 g/mol. The van der Waals surface area contributed by atoms with Crippen LogP contribution in [0, 0.1) is 11.7 Å². The molecule has 4 heteroatoms. The average molecular weight is 265 g/mol. The molecule has 104 valence electrons. The first-order chi connectivity index (χ1) is 8.97. The number of nitrogens with one attached hydrogen (secondary N) is 1. The molecule has 19 heavy (non-hydrogen) atoms. The van der Waals surface area contributed by atoms with Crippen molar-refractivity contribution < 1.29 is 13.9 Å². The molecule has 0 spiro atoms. The van der Waals surface area contributed by atoms with Gasteiger partial charge in [0.1, 0.15) is 0 Å². The molecule has 1 aromatic carbocycles. The quantitative estimate of drug-likeness (QED) is 0.909. The summed E-state index contributed by atoms with van der Waals surface area (Å²) in [6.07, 6.45) is 2.01. The van der Waals surface area contributed by atoms with Gasteiger partial charge in [-0.1, -0.05) is 19.9 Å². The molecule has 1 aliphatic heterocycles. The van der Waals surface area contributed by atoms with Crippen molar-refractivity contribution in [2.24, 2.45) is 5.92 Å². The van der Waals surface area contributed by atoms with E-state index in [1.54, 1.807) is 6.07 Å². The molecule has 1 heterocycles. The van der Waals surface area contributed by atoms with Crippen LogP contribution in [0.4, 0.5) is 4.39 Å². The maximum absolute atomic E-state index is 13.7. The highest BCUT2D eigenvalue weighted by Crippen LogP contribution is 2.32. The Bertz CT molecular complexity index is 487. The summed E-state index contributed by atoms with van der Waals surface area (Å²) in [5, 5.41) is 3.07. The van der Waals surface area contributed by atoms with E-state index in [4.69, 9.17) is 4.74 Å². The summed E-state index contributed by atoms with van der Waals surface area (Å²) >= 11 is 0. The van der Waals surface area contributed by atoms with Crippen LogP contribution >= 0.6 is 0 Å². The number of hydrogen-bond donors (Lipinski definition) is 1. The molecule has 1 fully saturated rings. The summed E-state index contributed by atoms with van der Waals surface area (Å²) in [7, 11) is 1.45. The third kappa shape index (κ3) is 2.72. The van der Waals surface area contributed by atoms with Gasteiger partial charge in [0.15, 0.2) is 11.6 Å². The second-order valence-electron chi connectivity index (χ2n) is 5.50. The van der Waals surface area contributed by atoms with Gasteiger partial charge in [0.2, 0.25) is 5.91 Å². The number of halogens is 1. The molecule has 1 saturated heterocycles. The highest BCUT2D eigenvalue weighted by molar-refractivity contribution is 5.79. The Labute approximate surface area is 113 Å². The molecule has 0 saturated carbocycles. The summed E-state index contributed by atoms with van der Waals surface area (Å²) in [6.45, 7) is 4.18. The van der Waals surface area contributed by atoms with E-state index in [1.165, 1.54) is 13.2 Å². The predicted octanol–water partition coefficient (Wildman–Crippen LogP) is 2.68. The van der Waals surface area contributed by atoms with Crippen LogP contribution in [0.2, 0.25) is 0 Å². The number of rotatable bonds is 4. The minimum Gasteiger partial charge on any atom is -0.494 e. The van der Waals surface area contributed by atoms with Gasteiger partial charge in [-0.3, -0.25) is 4.79 Å². The fraction of sp³-hybridized carbons (Fsp3) is 0.533. The maximum Gasteiger partial charge on any atom is 0.220 e. The number of carbonyl (C=O) groups is 1. The summed E-state index contributed by atoms with van der Waals surface area (Å²) < 4.78 is 18.6. The first kappa shape index (κ1) is 13.8. The second-order valence-corrected chi connectivity index (χ2v) is 5.50. The van der Waals surface area contributed by atoms with Gasteiger partial charge in [0.25, 0.3) is 0 Å². The lowest BCUT2D eigenvalue weighted by Gasteiger charge is -2.33. The van der Waals surface area contributed by atoms with E-state index in [9.17, 15) is 9.18 Å². The monoisotopic (exact) mass is 265 g/mol. The van der Waals surface area contributed by atoms with Crippen molar-refractivity contribution in [2.75, 3.05) is 7.11 Å². The Morgan fingerprint density at radius 3 is 2.68 bits per heavy atom. The first-order valence-electron chi connectivity index (χ1n) is 6.60. The smallest absolute Gasteiger partial charge is 0.220 e. The third-order valence-corrected chi connectivity index (χ3v) is 4.03. The molecule has 1 unspecified atom stereocenters. The van der Waals surface area contributed by atoms with E-state index in [2.05, 4.69) is 19.2 Å². The van der Waals surface area contributed by atoms with Crippen molar-refractivity contribution in [1.29, 1.82) is 0 Å². The molecule has 2 rings (SSSR count). The lowest BCUT2D eigenvalue weighted by Crippen LogP contribution is -2.48. The summed E-state index contributed by atoms with van der Waals surface area (Å²) in [6, 6.07) is 4.99. The van der Waals surface area contributed by atoms with Crippen LogP contribution in [0.3, 0.4) is 0 Å². The van der Waals surface area contributed by atoms with Crippen molar-refractivity contribution in [1.82, 2.24) is 5.32 Å². The Morgan fingerprint density at radius 1 is 1.47 bits per heavy atom. The fourth-order valence-corrected chi connectivity index (χ4v) is 2.69. The third-order valence-electron chi connectivity index (χ3n) is 4.03. The molecule has 1 aromatic rings.